The standard InChI is InChI=1S/C16H16FN3O2/c1-22-15-4-2-3-12(9-15)10-19-20-16(21)11-18-14-7-5-13(17)6-8-14/h2-10,18H,11H2,1H3,(H,20,21). The third kappa shape index (κ3) is 4.90. The van der Waals surface area contributed by atoms with Gasteiger partial charge in [0.2, 0.25) is 0 Å². The lowest BCUT2D eigenvalue weighted by Gasteiger charge is -2.04. The molecule has 0 bridgehead atoms. The van der Waals surface area contributed by atoms with Gasteiger partial charge < -0.3 is 10.1 Å². The van der Waals surface area contributed by atoms with Crippen molar-refractivity contribution >= 4 is 17.8 Å². The van der Waals surface area contributed by atoms with Gasteiger partial charge in [-0.1, -0.05) is 12.1 Å². The summed E-state index contributed by atoms with van der Waals surface area (Å²) < 4.78 is 17.8. The molecule has 0 radical (unpaired) electrons. The monoisotopic (exact) mass is 301 g/mol. The Labute approximate surface area is 127 Å². The van der Waals surface area contributed by atoms with E-state index in [2.05, 4.69) is 15.8 Å². The second-order valence-electron chi connectivity index (χ2n) is 4.43. The fourth-order valence-electron chi connectivity index (χ4n) is 1.69. The molecule has 114 valence electrons. The SMILES string of the molecule is COc1cccc(C=NNC(=O)CNc2ccc(F)cc2)c1. The van der Waals surface area contributed by atoms with E-state index in [1.54, 1.807) is 25.3 Å². The van der Waals surface area contributed by atoms with Crippen molar-refractivity contribution in [2.75, 3.05) is 19.0 Å². The molecule has 2 aromatic carbocycles. The summed E-state index contributed by atoms with van der Waals surface area (Å²) in [7, 11) is 1.58. The molecular formula is C16H16FN3O2. The van der Waals surface area contributed by atoms with Crippen molar-refractivity contribution in [1.82, 2.24) is 5.43 Å². The van der Waals surface area contributed by atoms with Gasteiger partial charge in [0.1, 0.15) is 11.6 Å². The number of amides is 1. The first-order valence-corrected chi connectivity index (χ1v) is 6.63. The molecule has 6 heteroatoms. The Morgan fingerprint density at radius 1 is 1.27 bits per heavy atom. The third-order valence-corrected chi connectivity index (χ3v) is 2.79. The van der Waals surface area contributed by atoms with Gasteiger partial charge in [-0.3, -0.25) is 4.79 Å². The molecule has 2 rings (SSSR count). The van der Waals surface area contributed by atoms with Gasteiger partial charge >= 0.3 is 0 Å². The number of carbonyl (C=O) groups excluding carboxylic acids is 1. The summed E-state index contributed by atoms with van der Waals surface area (Å²) in [6.07, 6.45) is 1.53. The van der Waals surface area contributed by atoms with E-state index in [-0.39, 0.29) is 18.3 Å². The van der Waals surface area contributed by atoms with Gasteiger partial charge in [0, 0.05) is 5.69 Å². The van der Waals surface area contributed by atoms with Crippen molar-refractivity contribution in [3.05, 3.63) is 59.9 Å². The van der Waals surface area contributed by atoms with Crippen LogP contribution in [-0.4, -0.2) is 25.8 Å². The molecular weight excluding hydrogens is 285 g/mol. The van der Waals surface area contributed by atoms with E-state index in [0.717, 1.165) is 5.56 Å². The molecule has 0 aromatic heterocycles. The number of nitrogens with one attached hydrogen (secondary N) is 2. The minimum Gasteiger partial charge on any atom is -0.497 e. The van der Waals surface area contributed by atoms with E-state index in [0.29, 0.717) is 11.4 Å². The molecule has 0 aliphatic carbocycles. The molecule has 2 N–H and O–H groups in total. The lowest BCUT2D eigenvalue weighted by Crippen LogP contribution is -2.25. The average molecular weight is 301 g/mol. The molecule has 0 unspecified atom stereocenters. The van der Waals surface area contributed by atoms with Crippen molar-refractivity contribution in [2.24, 2.45) is 5.10 Å². The summed E-state index contributed by atoms with van der Waals surface area (Å²) in [5.41, 5.74) is 3.88. The molecule has 2 aromatic rings. The molecule has 0 heterocycles. The van der Waals surface area contributed by atoms with Crippen LogP contribution < -0.4 is 15.5 Å². The molecule has 0 saturated heterocycles. The van der Waals surface area contributed by atoms with Crippen LogP contribution in [0.15, 0.2) is 53.6 Å². The van der Waals surface area contributed by atoms with E-state index in [9.17, 15) is 9.18 Å². The average Bonchev–Trinajstić information content (AvgIpc) is 2.54. The fourth-order valence-corrected chi connectivity index (χ4v) is 1.69. The zero-order valence-electron chi connectivity index (χ0n) is 12.0. The van der Waals surface area contributed by atoms with E-state index in [1.807, 2.05) is 18.2 Å². The van der Waals surface area contributed by atoms with Gasteiger partial charge in [-0.15, -0.1) is 0 Å². The summed E-state index contributed by atoms with van der Waals surface area (Å²) >= 11 is 0. The predicted molar refractivity (Wildman–Crippen MR) is 83.6 cm³/mol. The molecule has 0 saturated carbocycles. The first-order chi connectivity index (χ1) is 10.7. The smallest absolute Gasteiger partial charge is 0.259 e. The number of halogens is 1. The number of rotatable bonds is 6. The first kappa shape index (κ1) is 15.5. The largest absolute Gasteiger partial charge is 0.497 e. The van der Waals surface area contributed by atoms with E-state index in [4.69, 9.17) is 4.74 Å². The van der Waals surface area contributed by atoms with Crippen LogP contribution in [0.25, 0.3) is 0 Å². The van der Waals surface area contributed by atoms with Crippen LogP contribution >= 0.6 is 0 Å². The lowest BCUT2D eigenvalue weighted by atomic mass is 10.2. The summed E-state index contributed by atoms with van der Waals surface area (Å²) in [5.74, 6) is 0.0922. The molecule has 0 aliphatic heterocycles. The Kier molecular flexibility index (Phi) is 5.48. The minimum atomic E-state index is -0.321. The van der Waals surface area contributed by atoms with Gasteiger partial charge in [0.05, 0.1) is 19.9 Å². The van der Waals surface area contributed by atoms with Crippen LogP contribution in [-0.2, 0) is 4.79 Å². The van der Waals surface area contributed by atoms with Crippen LogP contribution in [0.5, 0.6) is 5.75 Å². The Bertz CT molecular complexity index is 657. The zero-order valence-corrected chi connectivity index (χ0v) is 12.0. The molecule has 0 spiro atoms. The number of carbonyl (C=O) groups is 1. The van der Waals surface area contributed by atoms with Crippen molar-refractivity contribution in [2.45, 2.75) is 0 Å². The van der Waals surface area contributed by atoms with Crippen molar-refractivity contribution in [3.8, 4) is 5.75 Å². The lowest BCUT2D eigenvalue weighted by molar-refractivity contribution is -0.119. The van der Waals surface area contributed by atoms with E-state index < -0.39 is 0 Å². The minimum absolute atomic E-state index is 0.0427. The van der Waals surface area contributed by atoms with E-state index in [1.165, 1.54) is 18.3 Å². The number of hydrogen-bond donors (Lipinski definition) is 2. The van der Waals surface area contributed by atoms with Crippen molar-refractivity contribution in [1.29, 1.82) is 0 Å². The van der Waals surface area contributed by atoms with Crippen LogP contribution in [0.2, 0.25) is 0 Å². The number of hydrazone groups is 1. The van der Waals surface area contributed by atoms with Gasteiger partial charge in [0.15, 0.2) is 0 Å². The molecule has 22 heavy (non-hydrogen) atoms. The second-order valence-corrected chi connectivity index (χ2v) is 4.43. The number of methoxy groups -OCH3 is 1. The summed E-state index contributed by atoms with van der Waals surface area (Å²) in [6, 6.07) is 13.1. The fraction of sp³-hybridized carbons (Fsp3) is 0.125. The molecule has 1 amide bonds. The summed E-state index contributed by atoms with van der Waals surface area (Å²) in [5, 5.41) is 6.73. The number of hydrogen-bond acceptors (Lipinski definition) is 4. The second kappa shape index (κ2) is 7.78. The summed E-state index contributed by atoms with van der Waals surface area (Å²) in [6.45, 7) is 0.0427. The predicted octanol–water partition coefficient (Wildman–Crippen LogP) is 2.40. The molecule has 5 nitrogen and oxygen atoms in total. The first-order valence-electron chi connectivity index (χ1n) is 6.63. The number of nitrogens with zero attached hydrogens (tertiary/aromatic N) is 1. The highest BCUT2D eigenvalue weighted by molar-refractivity contribution is 5.84. The van der Waals surface area contributed by atoms with Crippen LogP contribution in [0.1, 0.15) is 5.56 Å². The zero-order chi connectivity index (χ0) is 15.8. The highest BCUT2D eigenvalue weighted by Gasteiger charge is 1.99. The van der Waals surface area contributed by atoms with Gasteiger partial charge in [-0.25, -0.2) is 9.82 Å². The van der Waals surface area contributed by atoms with Crippen LogP contribution in [0.4, 0.5) is 10.1 Å². The van der Waals surface area contributed by atoms with Crippen molar-refractivity contribution < 1.29 is 13.9 Å². The Morgan fingerprint density at radius 3 is 2.77 bits per heavy atom. The highest BCUT2D eigenvalue weighted by atomic mass is 19.1. The van der Waals surface area contributed by atoms with Gasteiger partial charge in [0.25, 0.3) is 5.91 Å². The maximum Gasteiger partial charge on any atom is 0.259 e. The Hall–Kier alpha value is -2.89. The number of anilines is 1. The molecule has 0 aliphatic rings. The van der Waals surface area contributed by atoms with Gasteiger partial charge in [-0.05, 0) is 42.0 Å². The molecule has 0 fully saturated rings. The number of benzene rings is 2. The topological polar surface area (TPSA) is 62.7 Å². The van der Waals surface area contributed by atoms with Crippen molar-refractivity contribution in [3.63, 3.8) is 0 Å². The maximum atomic E-state index is 12.7. The van der Waals surface area contributed by atoms with Crippen LogP contribution in [0.3, 0.4) is 0 Å². The number of ether oxygens (including phenoxy) is 1. The van der Waals surface area contributed by atoms with Crippen LogP contribution in [0, 0.1) is 5.82 Å². The Morgan fingerprint density at radius 2 is 2.05 bits per heavy atom. The normalized spacial score (nSPS) is 10.5. The molecule has 0 atom stereocenters. The van der Waals surface area contributed by atoms with Gasteiger partial charge in [-0.2, -0.15) is 5.10 Å². The van der Waals surface area contributed by atoms with E-state index >= 15 is 0 Å². The Balaban J connectivity index is 1.79. The maximum absolute atomic E-state index is 12.7. The quantitative estimate of drug-likeness (QED) is 0.636. The third-order valence-electron chi connectivity index (χ3n) is 2.79. The highest BCUT2D eigenvalue weighted by Crippen LogP contribution is 2.10. The summed E-state index contributed by atoms with van der Waals surface area (Å²) in [4.78, 5) is 11.6.